The van der Waals surface area contributed by atoms with Gasteiger partial charge in [0.15, 0.2) is 0 Å². The monoisotopic (exact) mass is 395 g/mol. The van der Waals surface area contributed by atoms with Gasteiger partial charge in [0, 0.05) is 65.2 Å². The second-order valence-corrected chi connectivity index (χ2v) is 8.43. The zero-order valence-corrected chi connectivity index (χ0v) is 17.3. The molecule has 2 amide bonds. The number of nitrogens with one attached hydrogen (secondary N) is 1. The van der Waals surface area contributed by atoms with E-state index < -0.39 is 5.54 Å². The zero-order chi connectivity index (χ0) is 20.6. The number of likely N-dealkylation sites (tertiary alicyclic amines) is 2. The smallest absolute Gasteiger partial charge is 0.219 e. The number of hydrogen-bond acceptors (Lipinski definition) is 4. The number of amides is 2. The van der Waals surface area contributed by atoms with Crippen molar-refractivity contribution in [1.29, 1.82) is 0 Å². The highest BCUT2D eigenvalue weighted by Gasteiger charge is 2.56. The van der Waals surface area contributed by atoms with E-state index in [1.54, 1.807) is 13.8 Å². The fourth-order valence-corrected chi connectivity index (χ4v) is 5.23. The lowest BCUT2D eigenvalue weighted by molar-refractivity contribution is -0.134. The zero-order valence-electron chi connectivity index (χ0n) is 17.3. The molecule has 2 saturated heterocycles. The van der Waals surface area contributed by atoms with Gasteiger partial charge in [-0.3, -0.25) is 14.5 Å². The van der Waals surface area contributed by atoms with Crippen LogP contribution in [-0.4, -0.2) is 56.3 Å². The summed E-state index contributed by atoms with van der Waals surface area (Å²) in [5.41, 5.74) is 1.93. The molecular weight excluding hydrogens is 366 g/mol. The number of aryl methyl sites for hydroxylation is 1. The first-order valence-electron chi connectivity index (χ1n) is 10.2. The van der Waals surface area contributed by atoms with E-state index in [-0.39, 0.29) is 23.8 Å². The molecule has 0 saturated carbocycles. The van der Waals surface area contributed by atoms with E-state index in [1.165, 1.54) is 5.56 Å². The first-order chi connectivity index (χ1) is 13.9. The molecule has 7 nitrogen and oxygen atoms in total. The lowest BCUT2D eigenvalue weighted by Gasteiger charge is -2.45. The largest absolute Gasteiger partial charge is 0.347 e. The average Bonchev–Trinajstić information content (AvgIpc) is 3.22. The van der Waals surface area contributed by atoms with Crippen LogP contribution in [0.1, 0.15) is 37.6 Å². The SMILES string of the molecule is CC(=O)N[C@@]12CN(C(C)=O)CC[C@@H]1[C@@H](c1ccccc1)N(Cc1cncn1C)C2. The summed E-state index contributed by atoms with van der Waals surface area (Å²) in [5.74, 6) is 0.252. The molecule has 154 valence electrons. The van der Waals surface area contributed by atoms with Crippen molar-refractivity contribution in [2.24, 2.45) is 13.0 Å². The van der Waals surface area contributed by atoms with E-state index in [1.807, 2.05) is 35.1 Å². The molecule has 1 aromatic carbocycles. The molecule has 2 aliphatic rings. The predicted molar refractivity (Wildman–Crippen MR) is 110 cm³/mol. The molecule has 0 spiro atoms. The Morgan fingerprint density at radius 3 is 2.59 bits per heavy atom. The number of nitrogens with zero attached hydrogens (tertiary/aromatic N) is 4. The predicted octanol–water partition coefficient (Wildman–Crippen LogP) is 1.72. The Labute approximate surface area is 171 Å². The van der Waals surface area contributed by atoms with Crippen LogP contribution in [0.2, 0.25) is 0 Å². The highest BCUT2D eigenvalue weighted by molar-refractivity contribution is 5.76. The van der Waals surface area contributed by atoms with E-state index >= 15 is 0 Å². The van der Waals surface area contributed by atoms with E-state index in [2.05, 4.69) is 39.5 Å². The van der Waals surface area contributed by atoms with Crippen LogP contribution in [0.5, 0.6) is 0 Å². The van der Waals surface area contributed by atoms with Crippen molar-refractivity contribution in [2.75, 3.05) is 19.6 Å². The van der Waals surface area contributed by atoms with Gasteiger partial charge in [0.25, 0.3) is 0 Å². The normalized spacial score (nSPS) is 26.9. The molecule has 2 aliphatic heterocycles. The Morgan fingerprint density at radius 1 is 1.21 bits per heavy atom. The maximum Gasteiger partial charge on any atom is 0.219 e. The van der Waals surface area contributed by atoms with Crippen LogP contribution in [0.4, 0.5) is 0 Å². The highest BCUT2D eigenvalue weighted by atomic mass is 16.2. The van der Waals surface area contributed by atoms with Crippen molar-refractivity contribution < 1.29 is 9.59 Å². The Morgan fingerprint density at radius 2 is 1.97 bits per heavy atom. The van der Waals surface area contributed by atoms with Gasteiger partial charge in [0.05, 0.1) is 17.6 Å². The third kappa shape index (κ3) is 3.67. The van der Waals surface area contributed by atoms with Gasteiger partial charge < -0.3 is 14.8 Å². The summed E-state index contributed by atoms with van der Waals surface area (Å²) >= 11 is 0. The first-order valence-corrected chi connectivity index (χ1v) is 10.2. The fourth-order valence-electron chi connectivity index (χ4n) is 5.23. The van der Waals surface area contributed by atoms with Crippen molar-refractivity contribution in [1.82, 2.24) is 24.7 Å². The fraction of sp³-hybridized carbons (Fsp3) is 0.500. The minimum atomic E-state index is -0.450. The number of hydrogen-bond donors (Lipinski definition) is 1. The third-order valence-electron chi connectivity index (χ3n) is 6.45. The number of benzene rings is 1. The van der Waals surface area contributed by atoms with Gasteiger partial charge >= 0.3 is 0 Å². The summed E-state index contributed by atoms with van der Waals surface area (Å²) in [6.45, 7) is 5.90. The number of imidazole rings is 1. The van der Waals surface area contributed by atoms with Crippen molar-refractivity contribution in [3.63, 3.8) is 0 Å². The summed E-state index contributed by atoms with van der Waals surface area (Å²) < 4.78 is 2.04. The molecule has 4 rings (SSSR count). The molecule has 0 unspecified atom stereocenters. The van der Waals surface area contributed by atoms with E-state index in [0.29, 0.717) is 13.1 Å². The minimum absolute atomic E-state index is 0.0467. The minimum Gasteiger partial charge on any atom is -0.347 e. The first kappa shape index (κ1) is 19.6. The number of rotatable bonds is 4. The lowest BCUT2D eigenvalue weighted by atomic mass is 9.75. The Bertz CT molecular complexity index is 896. The van der Waals surface area contributed by atoms with Crippen molar-refractivity contribution >= 4 is 11.8 Å². The molecule has 0 bridgehead atoms. The van der Waals surface area contributed by atoms with Crippen LogP contribution in [0.15, 0.2) is 42.9 Å². The summed E-state index contributed by atoms with van der Waals surface area (Å²) in [7, 11) is 2.00. The Hall–Kier alpha value is -2.67. The van der Waals surface area contributed by atoms with Crippen molar-refractivity contribution in [3.05, 3.63) is 54.1 Å². The van der Waals surface area contributed by atoms with Gasteiger partial charge in [-0.25, -0.2) is 4.98 Å². The standard InChI is InChI=1S/C22H29N5O2/c1-16(28)24-22-13-26(17(2)29)10-9-20(22)21(18-7-5-4-6-8-18)27(14-22)12-19-11-23-15-25(19)3/h4-8,11,15,20-21H,9-10,12-14H2,1-3H3,(H,24,28)/t20-,21-,22-/m1/s1. The number of aromatic nitrogens is 2. The second kappa shape index (κ2) is 7.63. The number of piperidine rings is 1. The summed E-state index contributed by atoms with van der Waals surface area (Å²) in [6.07, 6.45) is 4.58. The summed E-state index contributed by atoms with van der Waals surface area (Å²) in [6, 6.07) is 10.7. The molecule has 1 aromatic heterocycles. The number of fused-ring (bicyclic) bond motifs is 1. The van der Waals surface area contributed by atoms with Gasteiger partial charge in [-0.1, -0.05) is 30.3 Å². The van der Waals surface area contributed by atoms with Gasteiger partial charge in [-0.05, 0) is 12.0 Å². The Kier molecular flexibility index (Phi) is 5.17. The highest BCUT2D eigenvalue weighted by Crippen LogP contribution is 2.48. The average molecular weight is 396 g/mol. The van der Waals surface area contributed by atoms with Gasteiger partial charge in [0.1, 0.15) is 0 Å². The van der Waals surface area contributed by atoms with Gasteiger partial charge in [-0.15, -0.1) is 0 Å². The number of carbonyl (C=O) groups excluding carboxylic acids is 2. The summed E-state index contributed by atoms with van der Waals surface area (Å²) in [5, 5.41) is 3.27. The molecule has 29 heavy (non-hydrogen) atoms. The maximum absolute atomic E-state index is 12.2. The molecule has 7 heteroatoms. The maximum atomic E-state index is 12.2. The van der Waals surface area contributed by atoms with Crippen LogP contribution in [0.25, 0.3) is 0 Å². The molecule has 3 atom stereocenters. The molecular formula is C22H29N5O2. The molecule has 1 N–H and O–H groups in total. The topological polar surface area (TPSA) is 70.5 Å². The molecule has 2 aromatic rings. The van der Waals surface area contributed by atoms with Crippen LogP contribution < -0.4 is 5.32 Å². The second-order valence-electron chi connectivity index (χ2n) is 8.43. The summed E-state index contributed by atoms with van der Waals surface area (Å²) in [4.78, 5) is 32.9. The van der Waals surface area contributed by atoms with Crippen molar-refractivity contribution in [3.8, 4) is 0 Å². The van der Waals surface area contributed by atoms with Crippen LogP contribution in [-0.2, 0) is 23.2 Å². The molecule has 0 radical (unpaired) electrons. The number of carbonyl (C=O) groups is 2. The van der Waals surface area contributed by atoms with Gasteiger partial charge in [0.2, 0.25) is 11.8 Å². The lowest BCUT2D eigenvalue weighted by Crippen LogP contribution is -2.64. The molecule has 2 fully saturated rings. The van der Waals surface area contributed by atoms with Crippen LogP contribution in [0.3, 0.4) is 0 Å². The Balaban J connectivity index is 1.75. The van der Waals surface area contributed by atoms with E-state index in [0.717, 1.165) is 25.2 Å². The third-order valence-corrected chi connectivity index (χ3v) is 6.45. The van der Waals surface area contributed by atoms with Crippen LogP contribution in [0, 0.1) is 5.92 Å². The van der Waals surface area contributed by atoms with Crippen LogP contribution >= 0.6 is 0 Å². The van der Waals surface area contributed by atoms with E-state index in [4.69, 9.17) is 0 Å². The quantitative estimate of drug-likeness (QED) is 0.856. The van der Waals surface area contributed by atoms with Gasteiger partial charge in [-0.2, -0.15) is 0 Å². The van der Waals surface area contributed by atoms with Crippen molar-refractivity contribution in [2.45, 2.75) is 38.4 Å². The van der Waals surface area contributed by atoms with E-state index in [9.17, 15) is 9.59 Å². The molecule has 3 heterocycles. The molecule has 0 aliphatic carbocycles.